The molecule has 0 aliphatic heterocycles. The van der Waals surface area contributed by atoms with Crippen molar-refractivity contribution in [1.82, 2.24) is 19.9 Å². The van der Waals surface area contributed by atoms with E-state index < -0.39 is 18.5 Å². The van der Waals surface area contributed by atoms with Crippen LogP contribution in [0, 0.1) is 5.82 Å². The summed E-state index contributed by atoms with van der Waals surface area (Å²) in [5.74, 6) is -0.0506. The van der Waals surface area contributed by atoms with E-state index in [9.17, 15) is 13.6 Å². The molecule has 0 radical (unpaired) electrons. The number of urea groups is 1. The van der Waals surface area contributed by atoms with Crippen molar-refractivity contribution < 1.29 is 13.6 Å². The molecule has 2 heterocycles. The van der Waals surface area contributed by atoms with Crippen molar-refractivity contribution in [1.29, 1.82) is 0 Å². The number of hydrogen-bond acceptors (Lipinski definition) is 3. The van der Waals surface area contributed by atoms with Gasteiger partial charge in [-0.2, -0.15) is 0 Å². The average molecular weight is 371 g/mol. The third-order valence-electron chi connectivity index (χ3n) is 4.16. The highest BCUT2D eigenvalue weighted by atomic mass is 19.1. The van der Waals surface area contributed by atoms with Gasteiger partial charge in [-0.3, -0.25) is 4.98 Å². The minimum atomic E-state index is -0.625. The van der Waals surface area contributed by atoms with Crippen molar-refractivity contribution in [3.8, 4) is 0 Å². The van der Waals surface area contributed by atoms with Crippen LogP contribution in [-0.2, 0) is 13.2 Å². The lowest BCUT2D eigenvalue weighted by Gasteiger charge is -2.16. The molecule has 0 saturated heterocycles. The minimum Gasteiger partial charge on any atom is -0.332 e. The Bertz CT molecular complexity index is 893. The molecule has 0 spiro atoms. The van der Waals surface area contributed by atoms with Gasteiger partial charge in [0.05, 0.1) is 24.5 Å². The second kappa shape index (κ2) is 8.39. The van der Waals surface area contributed by atoms with Crippen LogP contribution in [0.2, 0.25) is 0 Å². The molecule has 6 nitrogen and oxygen atoms in total. The van der Waals surface area contributed by atoms with E-state index >= 15 is 0 Å². The van der Waals surface area contributed by atoms with E-state index in [1.165, 1.54) is 12.1 Å². The Labute approximate surface area is 155 Å². The van der Waals surface area contributed by atoms with E-state index in [4.69, 9.17) is 0 Å². The van der Waals surface area contributed by atoms with Crippen molar-refractivity contribution in [2.75, 3.05) is 5.32 Å². The molecule has 3 aromatic rings. The molecule has 27 heavy (non-hydrogen) atoms. The van der Waals surface area contributed by atoms with Crippen LogP contribution in [0.25, 0.3) is 0 Å². The number of carbonyl (C=O) groups excluding carboxylic acids is 1. The zero-order valence-corrected chi connectivity index (χ0v) is 14.7. The monoisotopic (exact) mass is 371 g/mol. The van der Waals surface area contributed by atoms with Gasteiger partial charge >= 0.3 is 6.03 Å². The van der Waals surface area contributed by atoms with E-state index in [0.29, 0.717) is 17.2 Å². The molecular formula is C19H19F2N5O. The van der Waals surface area contributed by atoms with Gasteiger partial charge in [-0.25, -0.2) is 18.6 Å². The van der Waals surface area contributed by atoms with E-state index in [0.717, 1.165) is 11.8 Å². The highest BCUT2D eigenvalue weighted by Crippen LogP contribution is 2.21. The molecule has 140 valence electrons. The fourth-order valence-electron chi connectivity index (χ4n) is 2.66. The molecule has 0 bridgehead atoms. The Morgan fingerprint density at radius 2 is 1.96 bits per heavy atom. The number of pyridine rings is 1. The van der Waals surface area contributed by atoms with Gasteiger partial charge in [0.1, 0.15) is 18.3 Å². The maximum atomic E-state index is 13.0. The van der Waals surface area contributed by atoms with Crippen molar-refractivity contribution in [3.63, 3.8) is 0 Å². The lowest BCUT2D eigenvalue weighted by atomic mass is 10.1. The molecule has 2 amide bonds. The molecule has 0 unspecified atom stereocenters. The summed E-state index contributed by atoms with van der Waals surface area (Å²) in [7, 11) is 0. The molecule has 1 atom stereocenters. The maximum absolute atomic E-state index is 13.0. The van der Waals surface area contributed by atoms with Crippen molar-refractivity contribution >= 4 is 11.7 Å². The number of rotatable bonds is 6. The molecular weight excluding hydrogens is 352 g/mol. The summed E-state index contributed by atoms with van der Waals surface area (Å²) in [6.07, 6.45) is 4.41. The number of aromatic nitrogens is 3. The van der Waals surface area contributed by atoms with Crippen LogP contribution in [0.4, 0.5) is 19.3 Å². The van der Waals surface area contributed by atoms with Crippen LogP contribution >= 0.6 is 0 Å². The minimum absolute atomic E-state index is 0.0781. The summed E-state index contributed by atoms with van der Waals surface area (Å²) in [6, 6.07) is 9.60. The molecule has 0 aliphatic rings. The first kappa shape index (κ1) is 18.5. The van der Waals surface area contributed by atoms with E-state index in [-0.39, 0.29) is 12.6 Å². The highest BCUT2D eigenvalue weighted by Gasteiger charge is 2.12. The number of alkyl halides is 1. The Kier molecular flexibility index (Phi) is 5.75. The van der Waals surface area contributed by atoms with Gasteiger partial charge in [0.2, 0.25) is 0 Å². The van der Waals surface area contributed by atoms with Crippen LogP contribution in [0.1, 0.15) is 30.0 Å². The fourth-order valence-corrected chi connectivity index (χ4v) is 2.66. The first-order valence-corrected chi connectivity index (χ1v) is 8.39. The van der Waals surface area contributed by atoms with Gasteiger partial charge in [-0.1, -0.05) is 12.1 Å². The summed E-state index contributed by atoms with van der Waals surface area (Å²) >= 11 is 0. The summed E-state index contributed by atoms with van der Waals surface area (Å²) < 4.78 is 27.5. The SMILES string of the molecule is C[C@@H](c1ccc(NC(=O)NCc2ccc(F)cn2)cc1)n1ccnc1CF. The van der Waals surface area contributed by atoms with Crippen molar-refractivity contribution in [2.45, 2.75) is 26.2 Å². The fraction of sp³-hybridized carbons (Fsp3) is 0.211. The van der Waals surface area contributed by atoms with Crippen LogP contribution in [0.15, 0.2) is 55.0 Å². The van der Waals surface area contributed by atoms with Gasteiger partial charge in [0.25, 0.3) is 0 Å². The molecule has 0 saturated carbocycles. The van der Waals surface area contributed by atoms with E-state index in [1.54, 1.807) is 29.1 Å². The second-order valence-electron chi connectivity index (χ2n) is 5.96. The molecule has 1 aromatic carbocycles. The summed E-state index contributed by atoms with van der Waals surface area (Å²) in [6.45, 7) is 1.51. The first-order valence-electron chi connectivity index (χ1n) is 8.39. The number of nitrogens with one attached hydrogen (secondary N) is 2. The lowest BCUT2D eigenvalue weighted by molar-refractivity contribution is 0.251. The molecule has 0 aliphatic carbocycles. The first-order chi connectivity index (χ1) is 13.1. The summed E-state index contributed by atoms with van der Waals surface area (Å²) in [5, 5.41) is 5.37. The van der Waals surface area contributed by atoms with Gasteiger partial charge in [-0.15, -0.1) is 0 Å². The zero-order chi connectivity index (χ0) is 19.2. The number of halogens is 2. The Balaban J connectivity index is 1.57. The molecule has 3 rings (SSSR count). The topological polar surface area (TPSA) is 71.8 Å². The number of hydrogen-bond donors (Lipinski definition) is 2. The predicted molar refractivity (Wildman–Crippen MR) is 97.3 cm³/mol. The van der Waals surface area contributed by atoms with Crippen molar-refractivity contribution in [3.05, 3.63) is 77.9 Å². The number of amides is 2. The normalized spacial score (nSPS) is 11.8. The van der Waals surface area contributed by atoms with Crippen LogP contribution in [0.3, 0.4) is 0 Å². The molecule has 0 fully saturated rings. The van der Waals surface area contributed by atoms with Crippen LogP contribution < -0.4 is 10.6 Å². The van der Waals surface area contributed by atoms with Gasteiger partial charge in [0, 0.05) is 18.1 Å². The van der Waals surface area contributed by atoms with Gasteiger partial charge < -0.3 is 15.2 Å². The quantitative estimate of drug-likeness (QED) is 0.692. The molecule has 2 aromatic heterocycles. The van der Waals surface area contributed by atoms with Crippen LogP contribution in [-0.4, -0.2) is 20.6 Å². The van der Waals surface area contributed by atoms with Gasteiger partial charge in [0.15, 0.2) is 0 Å². The van der Waals surface area contributed by atoms with E-state index in [2.05, 4.69) is 20.6 Å². The zero-order valence-electron chi connectivity index (χ0n) is 14.7. The number of nitrogens with zero attached hydrogens (tertiary/aromatic N) is 3. The Hall–Kier alpha value is -3.29. The second-order valence-corrected chi connectivity index (χ2v) is 5.96. The highest BCUT2D eigenvalue weighted by molar-refractivity contribution is 5.89. The standard InChI is InChI=1S/C19H19F2N5O/c1-13(26-9-8-22-18(26)10-20)14-2-5-16(6-3-14)25-19(27)24-12-17-7-4-15(21)11-23-17/h2-9,11,13H,10,12H2,1H3,(H2,24,25,27)/t13-/m0/s1. The third kappa shape index (κ3) is 4.66. The maximum Gasteiger partial charge on any atom is 0.319 e. The summed E-state index contributed by atoms with van der Waals surface area (Å²) in [4.78, 5) is 19.8. The molecule has 8 heteroatoms. The Morgan fingerprint density at radius 3 is 2.63 bits per heavy atom. The number of imidazole rings is 1. The van der Waals surface area contributed by atoms with Crippen LogP contribution in [0.5, 0.6) is 0 Å². The number of carbonyl (C=O) groups is 1. The predicted octanol–water partition coefficient (Wildman–Crippen LogP) is 3.82. The largest absolute Gasteiger partial charge is 0.332 e. The third-order valence-corrected chi connectivity index (χ3v) is 4.16. The number of anilines is 1. The van der Waals surface area contributed by atoms with Gasteiger partial charge in [-0.05, 0) is 36.8 Å². The Morgan fingerprint density at radius 1 is 1.19 bits per heavy atom. The van der Waals surface area contributed by atoms with Crippen molar-refractivity contribution in [2.24, 2.45) is 0 Å². The lowest BCUT2D eigenvalue weighted by Crippen LogP contribution is -2.28. The average Bonchev–Trinajstić information content (AvgIpc) is 3.16. The van der Waals surface area contributed by atoms with E-state index in [1.807, 2.05) is 19.1 Å². The number of benzene rings is 1. The smallest absolute Gasteiger partial charge is 0.319 e. The summed E-state index contributed by atoms with van der Waals surface area (Å²) in [5.41, 5.74) is 2.13. The molecule has 2 N–H and O–H groups in total.